The molecule has 0 amide bonds. The van der Waals surface area contributed by atoms with Crippen molar-refractivity contribution in [2.24, 2.45) is 5.73 Å². The van der Waals surface area contributed by atoms with Crippen LogP contribution in [-0.4, -0.2) is 18.1 Å². The van der Waals surface area contributed by atoms with Gasteiger partial charge >= 0.3 is 0 Å². The number of piperidine rings is 1. The number of benzene rings is 1. The molecule has 0 unspecified atom stereocenters. The highest BCUT2D eigenvalue weighted by molar-refractivity contribution is 7.80. The van der Waals surface area contributed by atoms with Crippen molar-refractivity contribution in [2.75, 3.05) is 18.0 Å². The van der Waals surface area contributed by atoms with Gasteiger partial charge in [0.25, 0.3) is 0 Å². The number of anilines is 1. The molecule has 1 aliphatic heterocycles. The van der Waals surface area contributed by atoms with Gasteiger partial charge in [-0.25, -0.2) is 0 Å². The normalized spacial score (nSPS) is 16.4. The Bertz CT molecular complexity index is 356. The molecule has 1 aliphatic rings. The van der Waals surface area contributed by atoms with Gasteiger partial charge in [-0.15, -0.1) is 0 Å². The van der Waals surface area contributed by atoms with Gasteiger partial charge in [-0.05, 0) is 31.4 Å². The van der Waals surface area contributed by atoms with Crippen molar-refractivity contribution in [3.05, 3.63) is 29.8 Å². The second-order valence-corrected chi connectivity index (χ2v) is 4.37. The first-order valence-electron chi connectivity index (χ1n) is 5.43. The van der Waals surface area contributed by atoms with E-state index < -0.39 is 0 Å². The summed E-state index contributed by atoms with van der Waals surface area (Å²) in [5, 5.41) is 0. The van der Waals surface area contributed by atoms with Crippen molar-refractivity contribution < 1.29 is 0 Å². The second kappa shape index (κ2) is 4.62. The molecule has 3 heteroatoms. The SMILES string of the molecule is NC(=S)c1ccccc1N1CCCCC1. The molecule has 1 aromatic rings. The predicted molar refractivity (Wildman–Crippen MR) is 68.4 cm³/mol. The largest absolute Gasteiger partial charge is 0.389 e. The molecule has 1 aromatic carbocycles. The lowest BCUT2D eigenvalue weighted by Crippen LogP contribution is -2.31. The summed E-state index contributed by atoms with van der Waals surface area (Å²) in [6.45, 7) is 2.25. The van der Waals surface area contributed by atoms with Crippen LogP contribution in [0.2, 0.25) is 0 Å². The fourth-order valence-electron chi connectivity index (χ4n) is 2.09. The smallest absolute Gasteiger partial charge is 0.106 e. The van der Waals surface area contributed by atoms with E-state index in [4.69, 9.17) is 18.0 Å². The first kappa shape index (κ1) is 10.4. The second-order valence-electron chi connectivity index (χ2n) is 3.93. The van der Waals surface area contributed by atoms with E-state index in [9.17, 15) is 0 Å². The van der Waals surface area contributed by atoms with Crippen molar-refractivity contribution in [2.45, 2.75) is 19.3 Å². The van der Waals surface area contributed by atoms with Crippen LogP contribution in [0, 0.1) is 0 Å². The van der Waals surface area contributed by atoms with Gasteiger partial charge in [-0.2, -0.15) is 0 Å². The molecule has 0 atom stereocenters. The van der Waals surface area contributed by atoms with E-state index >= 15 is 0 Å². The zero-order valence-corrected chi connectivity index (χ0v) is 9.59. The van der Waals surface area contributed by atoms with Gasteiger partial charge in [0.1, 0.15) is 4.99 Å². The highest BCUT2D eigenvalue weighted by Crippen LogP contribution is 2.23. The molecule has 1 saturated heterocycles. The van der Waals surface area contributed by atoms with E-state index in [1.807, 2.05) is 18.2 Å². The maximum absolute atomic E-state index is 5.73. The summed E-state index contributed by atoms with van der Waals surface area (Å²) in [5.74, 6) is 0. The Morgan fingerprint density at radius 3 is 2.47 bits per heavy atom. The molecule has 0 aromatic heterocycles. The standard InChI is InChI=1S/C12H16N2S/c13-12(15)10-6-2-3-7-11(10)14-8-4-1-5-9-14/h2-3,6-7H,1,4-5,8-9H2,(H2,13,15). The quantitative estimate of drug-likeness (QED) is 0.776. The number of rotatable bonds is 2. The molecule has 1 heterocycles. The van der Waals surface area contributed by atoms with Crippen LogP contribution >= 0.6 is 12.2 Å². The fourth-order valence-corrected chi connectivity index (χ4v) is 2.27. The maximum Gasteiger partial charge on any atom is 0.106 e. The van der Waals surface area contributed by atoms with Gasteiger partial charge < -0.3 is 10.6 Å². The molecule has 15 heavy (non-hydrogen) atoms. The van der Waals surface area contributed by atoms with Gasteiger partial charge in [-0.1, -0.05) is 24.4 Å². The molecule has 0 bridgehead atoms. The number of thiocarbonyl (C=S) groups is 1. The molecule has 2 nitrogen and oxygen atoms in total. The third kappa shape index (κ3) is 2.29. The van der Waals surface area contributed by atoms with Crippen LogP contribution in [0.5, 0.6) is 0 Å². The van der Waals surface area contributed by atoms with E-state index in [2.05, 4.69) is 11.0 Å². The summed E-state index contributed by atoms with van der Waals surface area (Å²) < 4.78 is 0. The zero-order chi connectivity index (χ0) is 10.7. The Labute approximate surface area is 96.1 Å². The first-order chi connectivity index (χ1) is 7.29. The van der Waals surface area contributed by atoms with Crippen molar-refractivity contribution in [3.63, 3.8) is 0 Å². The molecule has 2 N–H and O–H groups in total. The minimum atomic E-state index is 0.496. The lowest BCUT2D eigenvalue weighted by atomic mass is 10.1. The van der Waals surface area contributed by atoms with Crippen LogP contribution in [0.4, 0.5) is 5.69 Å². The Morgan fingerprint density at radius 1 is 1.13 bits per heavy atom. The summed E-state index contributed by atoms with van der Waals surface area (Å²) in [7, 11) is 0. The Hall–Kier alpha value is -1.09. The monoisotopic (exact) mass is 220 g/mol. The van der Waals surface area contributed by atoms with Crippen LogP contribution in [0.1, 0.15) is 24.8 Å². The van der Waals surface area contributed by atoms with Crippen molar-refractivity contribution in [1.29, 1.82) is 0 Å². The van der Waals surface area contributed by atoms with E-state index in [1.165, 1.54) is 24.9 Å². The summed E-state index contributed by atoms with van der Waals surface area (Å²) in [4.78, 5) is 2.88. The van der Waals surface area contributed by atoms with E-state index in [1.54, 1.807) is 0 Å². The first-order valence-corrected chi connectivity index (χ1v) is 5.83. The number of hydrogen-bond acceptors (Lipinski definition) is 2. The minimum absolute atomic E-state index is 0.496. The average molecular weight is 220 g/mol. The van der Waals surface area contributed by atoms with Gasteiger partial charge in [0.2, 0.25) is 0 Å². The lowest BCUT2D eigenvalue weighted by molar-refractivity contribution is 0.577. The van der Waals surface area contributed by atoms with Crippen LogP contribution in [-0.2, 0) is 0 Å². The van der Waals surface area contributed by atoms with E-state index in [-0.39, 0.29) is 0 Å². The van der Waals surface area contributed by atoms with Crippen LogP contribution in [0.25, 0.3) is 0 Å². The van der Waals surface area contributed by atoms with Crippen molar-refractivity contribution >= 4 is 22.9 Å². The average Bonchev–Trinajstić information content (AvgIpc) is 2.30. The molecule has 0 aliphatic carbocycles. The van der Waals surface area contributed by atoms with Crippen molar-refractivity contribution in [1.82, 2.24) is 0 Å². The molecule has 80 valence electrons. The van der Waals surface area contributed by atoms with Gasteiger partial charge in [-0.3, -0.25) is 0 Å². The number of nitrogens with zero attached hydrogens (tertiary/aromatic N) is 1. The minimum Gasteiger partial charge on any atom is -0.389 e. The highest BCUT2D eigenvalue weighted by Gasteiger charge is 2.14. The fraction of sp³-hybridized carbons (Fsp3) is 0.417. The maximum atomic E-state index is 5.73. The Morgan fingerprint density at radius 2 is 1.80 bits per heavy atom. The molecular weight excluding hydrogens is 204 g/mol. The van der Waals surface area contributed by atoms with Crippen LogP contribution in [0.3, 0.4) is 0 Å². The summed E-state index contributed by atoms with van der Waals surface area (Å²) in [5.41, 5.74) is 7.93. The van der Waals surface area contributed by atoms with Crippen LogP contribution in [0.15, 0.2) is 24.3 Å². The van der Waals surface area contributed by atoms with Gasteiger partial charge in [0, 0.05) is 24.3 Å². The predicted octanol–water partition coefficient (Wildman–Crippen LogP) is 2.31. The van der Waals surface area contributed by atoms with E-state index in [0.717, 1.165) is 18.7 Å². The molecule has 0 spiro atoms. The van der Waals surface area contributed by atoms with Crippen molar-refractivity contribution in [3.8, 4) is 0 Å². The van der Waals surface area contributed by atoms with E-state index in [0.29, 0.717) is 4.99 Å². The van der Waals surface area contributed by atoms with Crippen LogP contribution < -0.4 is 10.6 Å². The Balaban J connectivity index is 2.29. The van der Waals surface area contributed by atoms with Gasteiger partial charge in [0.05, 0.1) is 0 Å². The molecule has 0 radical (unpaired) electrons. The third-order valence-corrected chi connectivity index (χ3v) is 3.09. The van der Waals surface area contributed by atoms with Gasteiger partial charge in [0.15, 0.2) is 0 Å². The molecule has 0 saturated carbocycles. The summed E-state index contributed by atoms with van der Waals surface area (Å²) in [6.07, 6.45) is 3.88. The molecule has 2 rings (SSSR count). The molecule has 1 fully saturated rings. The number of hydrogen-bond donors (Lipinski definition) is 1. The topological polar surface area (TPSA) is 29.3 Å². The lowest BCUT2D eigenvalue weighted by Gasteiger charge is -2.30. The third-order valence-electron chi connectivity index (χ3n) is 2.87. The number of para-hydroxylation sites is 1. The highest BCUT2D eigenvalue weighted by atomic mass is 32.1. The number of nitrogens with two attached hydrogens (primary N) is 1. The Kier molecular flexibility index (Phi) is 3.21. The zero-order valence-electron chi connectivity index (χ0n) is 8.78. The summed E-state index contributed by atoms with van der Waals surface area (Å²) >= 11 is 5.07. The molecular formula is C12H16N2S. The summed E-state index contributed by atoms with van der Waals surface area (Å²) in [6, 6.07) is 8.15.